The number of carbonyl (C=O) groups is 1. The van der Waals surface area contributed by atoms with Crippen LogP contribution in [-0.2, 0) is 11.2 Å². The van der Waals surface area contributed by atoms with E-state index >= 15 is 0 Å². The Morgan fingerprint density at radius 1 is 1.37 bits per heavy atom. The van der Waals surface area contributed by atoms with E-state index < -0.39 is 0 Å². The Hall–Kier alpha value is -1.75. The average molecular weight is 275 g/mol. The molecule has 100 valence electrons. The molecule has 19 heavy (non-hydrogen) atoms. The molecule has 2 aromatic rings. The van der Waals surface area contributed by atoms with Gasteiger partial charge in [0.15, 0.2) is 5.82 Å². The van der Waals surface area contributed by atoms with Gasteiger partial charge in [-0.25, -0.2) is 0 Å². The highest BCUT2D eigenvalue weighted by atomic mass is 32.2. The highest BCUT2D eigenvalue weighted by molar-refractivity contribution is 8.00. The van der Waals surface area contributed by atoms with Crippen molar-refractivity contribution in [1.82, 2.24) is 10.2 Å². The molecule has 0 spiro atoms. The number of nitrogens with zero attached hydrogens (tertiary/aromatic N) is 1. The van der Waals surface area contributed by atoms with E-state index in [1.807, 2.05) is 44.2 Å². The van der Waals surface area contributed by atoms with Gasteiger partial charge >= 0.3 is 0 Å². The number of anilines is 1. The number of hydrogen-bond donors (Lipinski definition) is 2. The fourth-order valence-corrected chi connectivity index (χ4v) is 2.27. The maximum Gasteiger partial charge on any atom is 0.235 e. The first-order chi connectivity index (χ1) is 9.17. The number of amides is 1. The molecule has 1 heterocycles. The first-order valence-corrected chi connectivity index (χ1v) is 7.19. The van der Waals surface area contributed by atoms with Crippen LogP contribution in [0.1, 0.15) is 18.2 Å². The maximum atomic E-state index is 11.8. The quantitative estimate of drug-likeness (QED) is 0.825. The number of benzene rings is 1. The summed E-state index contributed by atoms with van der Waals surface area (Å²) in [5.41, 5.74) is 2.24. The first-order valence-electron chi connectivity index (χ1n) is 6.21. The third-order valence-corrected chi connectivity index (χ3v) is 3.68. The Bertz CT molecular complexity index is 548. The van der Waals surface area contributed by atoms with Gasteiger partial charge in [0.25, 0.3) is 0 Å². The molecule has 2 rings (SSSR count). The van der Waals surface area contributed by atoms with E-state index in [1.165, 1.54) is 17.3 Å². The van der Waals surface area contributed by atoms with E-state index in [0.717, 1.165) is 17.0 Å². The van der Waals surface area contributed by atoms with E-state index in [9.17, 15) is 4.79 Å². The predicted octanol–water partition coefficient (Wildman–Crippen LogP) is 3.01. The van der Waals surface area contributed by atoms with Crippen molar-refractivity contribution in [3.05, 3.63) is 41.6 Å². The van der Waals surface area contributed by atoms with Gasteiger partial charge in [-0.15, -0.1) is 11.8 Å². The monoisotopic (exact) mass is 275 g/mol. The summed E-state index contributed by atoms with van der Waals surface area (Å²) in [5, 5.41) is 9.67. The first kappa shape index (κ1) is 13.7. The molecule has 1 aromatic carbocycles. The van der Waals surface area contributed by atoms with Crippen LogP contribution >= 0.6 is 11.8 Å². The number of H-pyrrole nitrogens is 1. The van der Waals surface area contributed by atoms with Gasteiger partial charge in [-0.1, -0.05) is 24.6 Å². The molecule has 4 nitrogen and oxygen atoms in total. The van der Waals surface area contributed by atoms with E-state index in [4.69, 9.17) is 0 Å². The highest BCUT2D eigenvalue weighted by Crippen LogP contribution is 2.18. The third-order valence-electron chi connectivity index (χ3n) is 2.67. The molecule has 2 N–H and O–H groups in total. The number of hydrogen-bond acceptors (Lipinski definition) is 3. The van der Waals surface area contributed by atoms with Crippen LogP contribution in [0.25, 0.3) is 0 Å². The van der Waals surface area contributed by atoms with Gasteiger partial charge in [0, 0.05) is 16.7 Å². The summed E-state index contributed by atoms with van der Waals surface area (Å²) in [5.74, 6) is 0.934. The van der Waals surface area contributed by atoms with E-state index in [1.54, 1.807) is 0 Å². The van der Waals surface area contributed by atoms with Crippen molar-refractivity contribution < 1.29 is 4.79 Å². The van der Waals surface area contributed by atoms with Gasteiger partial charge in [-0.05, 0) is 25.5 Å². The standard InChI is InChI=1S/C14H17N3OS/c1-3-11-8-13(17-16-11)15-14(18)9-19-12-6-4-10(2)5-7-12/h4-8H,3,9H2,1-2H3,(H2,15,16,17,18). The van der Waals surface area contributed by atoms with Crippen molar-refractivity contribution in [1.29, 1.82) is 0 Å². The topological polar surface area (TPSA) is 57.8 Å². The van der Waals surface area contributed by atoms with Crippen molar-refractivity contribution in [2.75, 3.05) is 11.1 Å². The summed E-state index contributed by atoms with van der Waals surface area (Å²) < 4.78 is 0. The lowest BCUT2D eigenvalue weighted by atomic mass is 10.2. The van der Waals surface area contributed by atoms with Crippen LogP contribution in [0, 0.1) is 6.92 Å². The number of thioether (sulfide) groups is 1. The molecule has 1 aromatic heterocycles. The Kier molecular flexibility index (Phi) is 4.63. The SMILES string of the molecule is CCc1cc(NC(=O)CSc2ccc(C)cc2)n[nH]1. The van der Waals surface area contributed by atoms with Crippen LogP contribution in [0.3, 0.4) is 0 Å². The van der Waals surface area contributed by atoms with E-state index in [2.05, 4.69) is 15.5 Å². The van der Waals surface area contributed by atoms with Gasteiger partial charge in [0.2, 0.25) is 5.91 Å². The van der Waals surface area contributed by atoms with Crippen molar-refractivity contribution in [2.24, 2.45) is 0 Å². The molecule has 0 fully saturated rings. The third kappa shape index (κ3) is 4.13. The molecule has 1 amide bonds. The molecule has 0 bridgehead atoms. The zero-order valence-electron chi connectivity index (χ0n) is 11.1. The summed E-state index contributed by atoms with van der Waals surface area (Å²) in [6, 6.07) is 9.99. The Labute approximate surface area is 117 Å². The van der Waals surface area contributed by atoms with Crippen LogP contribution in [0.5, 0.6) is 0 Å². The molecular weight excluding hydrogens is 258 g/mol. The lowest BCUT2D eigenvalue weighted by Crippen LogP contribution is -2.14. The number of aryl methyl sites for hydroxylation is 2. The van der Waals surface area contributed by atoms with Crippen LogP contribution < -0.4 is 5.32 Å². The van der Waals surface area contributed by atoms with Crippen LogP contribution in [-0.4, -0.2) is 21.9 Å². The van der Waals surface area contributed by atoms with Gasteiger partial charge < -0.3 is 5.32 Å². The Morgan fingerprint density at radius 3 is 2.74 bits per heavy atom. The van der Waals surface area contributed by atoms with Crippen molar-refractivity contribution in [2.45, 2.75) is 25.2 Å². The summed E-state index contributed by atoms with van der Waals surface area (Å²) in [6.07, 6.45) is 0.876. The number of carbonyl (C=O) groups excluding carboxylic acids is 1. The van der Waals surface area contributed by atoms with Crippen molar-refractivity contribution in [3.63, 3.8) is 0 Å². The zero-order valence-corrected chi connectivity index (χ0v) is 11.9. The fraction of sp³-hybridized carbons (Fsp3) is 0.286. The molecule has 0 aliphatic rings. The molecular formula is C14H17N3OS. The molecule has 0 aliphatic carbocycles. The zero-order chi connectivity index (χ0) is 13.7. The van der Waals surface area contributed by atoms with E-state index in [-0.39, 0.29) is 5.91 Å². The minimum absolute atomic E-state index is 0.0419. The van der Waals surface area contributed by atoms with Gasteiger partial charge in [-0.3, -0.25) is 9.89 Å². The smallest absolute Gasteiger partial charge is 0.235 e. The molecule has 0 saturated carbocycles. The Morgan fingerprint density at radius 2 is 2.11 bits per heavy atom. The predicted molar refractivity (Wildman–Crippen MR) is 78.5 cm³/mol. The molecule has 0 aliphatic heterocycles. The summed E-state index contributed by atoms with van der Waals surface area (Å²) in [4.78, 5) is 12.9. The molecule has 0 atom stereocenters. The second kappa shape index (κ2) is 6.43. The average Bonchev–Trinajstić information content (AvgIpc) is 2.86. The lowest BCUT2D eigenvalue weighted by Gasteiger charge is -2.02. The largest absolute Gasteiger partial charge is 0.308 e. The minimum atomic E-state index is -0.0419. The minimum Gasteiger partial charge on any atom is -0.308 e. The molecule has 5 heteroatoms. The maximum absolute atomic E-state index is 11.8. The van der Waals surface area contributed by atoms with Gasteiger partial charge in [0.05, 0.1) is 5.75 Å². The van der Waals surface area contributed by atoms with Gasteiger partial charge in [0.1, 0.15) is 0 Å². The van der Waals surface area contributed by atoms with Crippen LogP contribution in [0.2, 0.25) is 0 Å². The normalized spacial score (nSPS) is 10.4. The van der Waals surface area contributed by atoms with Crippen molar-refractivity contribution in [3.8, 4) is 0 Å². The fourth-order valence-electron chi connectivity index (χ4n) is 1.57. The van der Waals surface area contributed by atoms with Crippen LogP contribution in [0.4, 0.5) is 5.82 Å². The second-order valence-electron chi connectivity index (χ2n) is 4.28. The number of nitrogens with one attached hydrogen (secondary N) is 2. The van der Waals surface area contributed by atoms with E-state index in [0.29, 0.717) is 11.6 Å². The van der Waals surface area contributed by atoms with Gasteiger partial charge in [-0.2, -0.15) is 5.10 Å². The lowest BCUT2D eigenvalue weighted by molar-refractivity contribution is -0.113. The van der Waals surface area contributed by atoms with Crippen molar-refractivity contribution >= 4 is 23.5 Å². The number of aromatic nitrogens is 2. The summed E-state index contributed by atoms with van der Waals surface area (Å²) >= 11 is 1.52. The molecule has 0 unspecified atom stereocenters. The summed E-state index contributed by atoms with van der Waals surface area (Å²) in [6.45, 7) is 4.08. The number of aromatic amines is 1. The summed E-state index contributed by atoms with van der Waals surface area (Å²) in [7, 11) is 0. The molecule has 0 saturated heterocycles. The second-order valence-corrected chi connectivity index (χ2v) is 5.33. The molecule has 0 radical (unpaired) electrons. The Balaban J connectivity index is 1.82. The highest BCUT2D eigenvalue weighted by Gasteiger charge is 2.06. The van der Waals surface area contributed by atoms with Crippen LogP contribution in [0.15, 0.2) is 35.2 Å². The number of rotatable bonds is 5.